The standard InChI is InChI=1S/C23H20ClN7O4/c1-12(18(14-6-4-5-7-16(14)24)15-10-26-31(3)17(15)8-25)21-29-19(20(32)23(34)30(21)2)22(33)28-13-9-27-35-11-13/h4-7,9-12,18,32H,1-3H3,(H,28,33)/t12-,18+/m0/s1. The normalized spacial score (nSPS) is 12.7. The number of hydrogen-bond acceptors (Lipinski definition) is 8. The van der Waals surface area contributed by atoms with Crippen molar-refractivity contribution in [3.05, 3.63) is 86.6 Å². The molecule has 0 spiro atoms. The van der Waals surface area contributed by atoms with Gasteiger partial charge in [-0.15, -0.1) is 0 Å². The lowest BCUT2D eigenvalue weighted by molar-refractivity contribution is 0.101. The van der Waals surface area contributed by atoms with Gasteiger partial charge in [0.05, 0.1) is 12.4 Å². The molecule has 1 aromatic carbocycles. The van der Waals surface area contributed by atoms with Gasteiger partial charge in [-0.3, -0.25) is 18.8 Å². The second-order valence-corrected chi connectivity index (χ2v) is 8.28. The van der Waals surface area contributed by atoms with Crippen molar-refractivity contribution in [2.75, 3.05) is 5.32 Å². The maximum atomic E-state index is 12.9. The zero-order valence-electron chi connectivity index (χ0n) is 18.9. The molecule has 178 valence electrons. The van der Waals surface area contributed by atoms with Crippen molar-refractivity contribution < 1.29 is 14.4 Å². The van der Waals surface area contributed by atoms with Crippen LogP contribution in [0.1, 0.15) is 51.9 Å². The number of hydrogen-bond donors (Lipinski definition) is 2. The van der Waals surface area contributed by atoms with E-state index in [1.807, 2.05) is 12.1 Å². The molecule has 0 unspecified atom stereocenters. The monoisotopic (exact) mass is 493 g/mol. The average molecular weight is 494 g/mol. The quantitative estimate of drug-likeness (QED) is 0.416. The largest absolute Gasteiger partial charge is 0.501 e. The third-order valence-corrected chi connectivity index (χ3v) is 6.11. The van der Waals surface area contributed by atoms with Crippen LogP contribution in [0.25, 0.3) is 0 Å². The van der Waals surface area contributed by atoms with Crippen molar-refractivity contribution >= 4 is 23.2 Å². The predicted molar refractivity (Wildman–Crippen MR) is 125 cm³/mol. The van der Waals surface area contributed by atoms with Gasteiger partial charge >= 0.3 is 0 Å². The number of nitriles is 1. The summed E-state index contributed by atoms with van der Waals surface area (Å²) >= 11 is 6.54. The fraction of sp³-hybridized carbons (Fsp3) is 0.217. The molecule has 0 radical (unpaired) electrons. The number of aromatic nitrogens is 5. The second-order valence-electron chi connectivity index (χ2n) is 7.87. The Hall–Kier alpha value is -4.43. The number of carbonyl (C=O) groups excluding carboxylic acids is 1. The lowest BCUT2D eigenvalue weighted by Crippen LogP contribution is -2.29. The zero-order valence-corrected chi connectivity index (χ0v) is 19.7. The molecule has 0 aliphatic carbocycles. The van der Waals surface area contributed by atoms with Crippen LogP contribution < -0.4 is 10.9 Å². The minimum absolute atomic E-state index is 0.195. The Morgan fingerprint density at radius 1 is 1.26 bits per heavy atom. The summed E-state index contributed by atoms with van der Waals surface area (Å²) in [5.74, 6) is -2.55. The molecule has 3 heterocycles. The van der Waals surface area contributed by atoms with Crippen LogP contribution >= 0.6 is 11.6 Å². The number of halogens is 1. The lowest BCUT2D eigenvalue weighted by Gasteiger charge is -2.26. The molecule has 35 heavy (non-hydrogen) atoms. The van der Waals surface area contributed by atoms with Crippen LogP contribution in [0.3, 0.4) is 0 Å². The maximum absolute atomic E-state index is 12.9. The first-order chi connectivity index (χ1) is 16.7. The van der Waals surface area contributed by atoms with E-state index in [4.69, 9.17) is 16.1 Å². The highest BCUT2D eigenvalue weighted by Crippen LogP contribution is 2.41. The Morgan fingerprint density at radius 3 is 2.66 bits per heavy atom. The van der Waals surface area contributed by atoms with Gasteiger partial charge in [-0.2, -0.15) is 10.4 Å². The molecule has 2 atom stereocenters. The van der Waals surface area contributed by atoms with E-state index >= 15 is 0 Å². The molecular formula is C23H20ClN7O4. The predicted octanol–water partition coefficient (Wildman–Crippen LogP) is 2.92. The first-order valence-electron chi connectivity index (χ1n) is 10.4. The first-order valence-corrected chi connectivity index (χ1v) is 10.8. The summed E-state index contributed by atoms with van der Waals surface area (Å²) in [6.07, 6.45) is 4.03. The molecule has 0 bridgehead atoms. The number of nitrogens with zero attached hydrogens (tertiary/aromatic N) is 6. The number of carbonyl (C=O) groups is 1. The number of rotatable bonds is 6. The van der Waals surface area contributed by atoms with Crippen molar-refractivity contribution in [1.29, 1.82) is 5.26 Å². The van der Waals surface area contributed by atoms with Crippen LogP contribution in [0.15, 0.2) is 52.2 Å². The van der Waals surface area contributed by atoms with Crippen molar-refractivity contribution in [2.24, 2.45) is 14.1 Å². The van der Waals surface area contributed by atoms with Crippen molar-refractivity contribution in [3.63, 3.8) is 0 Å². The molecule has 3 aromatic heterocycles. The van der Waals surface area contributed by atoms with Gasteiger partial charge in [0.2, 0.25) is 5.75 Å². The van der Waals surface area contributed by atoms with Gasteiger partial charge in [0.1, 0.15) is 29.5 Å². The van der Waals surface area contributed by atoms with Gasteiger partial charge in [-0.25, -0.2) is 4.98 Å². The van der Waals surface area contributed by atoms with Crippen LogP contribution in [-0.2, 0) is 14.1 Å². The van der Waals surface area contributed by atoms with E-state index in [1.165, 1.54) is 28.8 Å². The summed E-state index contributed by atoms with van der Waals surface area (Å²) in [5, 5.41) is 30.8. The molecule has 2 N–H and O–H groups in total. The molecule has 0 aliphatic rings. The highest BCUT2D eigenvalue weighted by molar-refractivity contribution is 6.31. The second kappa shape index (κ2) is 9.44. The number of aryl methyl sites for hydroxylation is 1. The molecular weight excluding hydrogens is 474 g/mol. The van der Waals surface area contributed by atoms with E-state index < -0.39 is 34.7 Å². The summed E-state index contributed by atoms with van der Waals surface area (Å²) in [5.41, 5.74) is 0.547. The minimum atomic E-state index is -0.815. The van der Waals surface area contributed by atoms with Crippen molar-refractivity contribution in [1.82, 2.24) is 24.5 Å². The highest BCUT2D eigenvalue weighted by atomic mass is 35.5. The lowest BCUT2D eigenvalue weighted by atomic mass is 9.81. The Morgan fingerprint density at radius 2 is 2.00 bits per heavy atom. The third kappa shape index (κ3) is 4.27. The number of nitrogens with one attached hydrogen (secondary N) is 1. The molecule has 1 amide bonds. The van der Waals surface area contributed by atoms with Gasteiger partial charge in [-0.1, -0.05) is 41.9 Å². The van der Waals surface area contributed by atoms with Crippen molar-refractivity contribution in [2.45, 2.75) is 18.8 Å². The Labute approximate surface area is 204 Å². The number of aromatic hydroxyl groups is 1. The Kier molecular flexibility index (Phi) is 6.40. The molecule has 4 rings (SSSR count). The summed E-state index contributed by atoms with van der Waals surface area (Å²) < 4.78 is 7.31. The van der Waals surface area contributed by atoms with Crippen LogP contribution in [0.5, 0.6) is 5.75 Å². The SMILES string of the molecule is C[C@H](c1nc(C(=O)Nc2cnoc2)c(O)c(=O)n1C)[C@H](c1ccccc1Cl)c1cnn(C)c1C#N. The molecule has 11 nitrogen and oxygen atoms in total. The van der Waals surface area contributed by atoms with Crippen LogP contribution in [0.4, 0.5) is 5.69 Å². The van der Waals surface area contributed by atoms with Crippen LogP contribution in [0.2, 0.25) is 5.02 Å². The smallest absolute Gasteiger partial charge is 0.296 e. The molecule has 0 saturated carbocycles. The first kappa shape index (κ1) is 23.7. The molecule has 12 heteroatoms. The van der Waals surface area contributed by atoms with Crippen LogP contribution in [-0.4, -0.2) is 35.5 Å². The van der Waals surface area contributed by atoms with E-state index in [1.54, 1.807) is 32.3 Å². The van der Waals surface area contributed by atoms with Gasteiger partial charge in [0, 0.05) is 36.5 Å². The molecule has 4 aromatic rings. The van der Waals surface area contributed by atoms with Crippen molar-refractivity contribution in [3.8, 4) is 11.8 Å². The maximum Gasteiger partial charge on any atom is 0.296 e. The van der Waals surface area contributed by atoms with E-state index in [9.17, 15) is 20.0 Å². The summed E-state index contributed by atoms with van der Waals surface area (Å²) in [4.78, 5) is 30.1. The van der Waals surface area contributed by atoms with Gasteiger partial charge in [0.15, 0.2) is 5.69 Å². The van der Waals surface area contributed by atoms with Gasteiger partial charge < -0.3 is 14.9 Å². The van der Waals surface area contributed by atoms with E-state index in [2.05, 4.69) is 26.6 Å². The zero-order chi connectivity index (χ0) is 25.3. The molecule has 0 fully saturated rings. The van der Waals surface area contributed by atoms with E-state index in [0.717, 1.165) is 0 Å². The van der Waals surface area contributed by atoms with Crippen LogP contribution in [0, 0.1) is 11.3 Å². The molecule has 0 aliphatic heterocycles. The topological polar surface area (TPSA) is 152 Å². The summed E-state index contributed by atoms with van der Waals surface area (Å²) in [6, 6.07) is 9.29. The van der Waals surface area contributed by atoms with Gasteiger partial charge in [-0.05, 0) is 11.6 Å². The van der Waals surface area contributed by atoms with Gasteiger partial charge in [0.25, 0.3) is 11.5 Å². The third-order valence-electron chi connectivity index (χ3n) is 5.76. The highest BCUT2D eigenvalue weighted by Gasteiger charge is 2.33. The molecule has 0 saturated heterocycles. The number of benzene rings is 1. The number of anilines is 1. The fourth-order valence-electron chi connectivity index (χ4n) is 4.03. The average Bonchev–Trinajstić information content (AvgIpc) is 3.48. The Bertz CT molecular complexity index is 1500. The van der Waals surface area contributed by atoms with E-state index in [0.29, 0.717) is 21.8 Å². The number of amides is 1. The van der Waals surface area contributed by atoms with E-state index in [-0.39, 0.29) is 11.5 Å². The summed E-state index contributed by atoms with van der Waals surface area (Å²) in [6.45, 7) is 1.79. The summed E-state index contributed by atoms with van der Waals surface area (Å²) in [7, 11) is 3.10. The minimum Gasteiger partial charge on any atom is -0.501 e. The Balaban J connectivity index is 1.88. The fourth-order valence-corrected chi connectivity index (χ4v) is 4.28.